The van der Waals surface area contributed by atoms with Crippen LogP contribution in [0.3, 0.4) is 0 Å². The van der Waals surface area contributed by atoms with Crippen LogP contribution in [0.25, 0.3) is 21.1 Å². The number of amides is 1. The number of aryl methyl sites for hydroxylation is 1. The highest BCUT2D eigenvalue weighted by atomic mass is 32.1. The van der Waals surface area contributed by atoms with E-state index < -0.39 is 0 Å². The lowest BCUT2D eigenvalue weighted by atomic mass is 10.2. The van der Waals surface area contributed by atoms with Gasteiger partial charge in [-0.2, -0.15) is 5.10 Å². The maximum atomic E-state index is 12.4. The molecule has 0 aliphatic heterocycles. The molecule has 0 spiro atoms. The fourth-order valence-corrected chi connectivity index (χ4v) is 3.61. The molecule has 2 aromatic carbocycles. The third-order valence-corrected chi connectivity index (χ3v) is 4.77. The van der Waals surface area contributed by atoms with Gasteiger partial charge in [0, 0.05) is 11.1 Å². The molecular weight excluding hydrogens is 336 g/mol. The van der Waals surface area contributed by atoms with Crippen LogP contribution in [-0.4, -0.2) is 20.7 Å². The number of nitrogens with zero attached hydrogens (tertiary/aromatic N) is 3. The van der Waals surface area contributed by atoms with Gasteiger partial charge in [0.1, 0.15) is 6.54 Å². The molecule has 0 fully saturated rings. The van der Waals surface area contributed by atoms with Crippen LogP contribution < -0.4 is 10.7 Å². The lowest BCUT2D eigenvalue weighted by Crippen LogP contribution is -2.22. The van der Waals surface area contributed by atoms with Gasteiger partial charge in [0.15, 0.2) is 0 Å². The fraction of sp³-hybridized carbons (Fsp3) is 0.111. The molecule has 0 aliphatic carbocycles. The Balaban J connectivity index is 1.59. The van der Waals surface area contributed by atoms with Gasteiger partial charge in [-0.05, 0) is 37.3 Å². The highest BCUT2D eigenvalue weighted by molar-refractivity contribution is 7.18. The molecule has 0 atom stereocenters. The van der Waals surface area contributed by atoms with Crippen LogP contribution in [-0.2, 0) is 11.3 Å². The van der Waals surface area contributed by atoms with Crippen LogP contribution in [0.2, 0.25) is 0 Å². The van der Waals surface area contributed by atoms with Gasteiger partial charge in [0.2, 0.25) is 11.3 Å². The molecule has 124 valence electrons. The summed E-state index contributed by atoms with van der Waals surface area (Å²) in [6, 6.07) is 12.8. The Morgan fingerprint density at radius 3 is 2.96 bits per heavy atom. The number of benzene rings is 2. The molecule has 2 aromatic heterocycles. The summed E-state index contributed by atoms with van der Waals surface area (Å²) < 4.78 is 2.56. The zero-order chi connectivity index (χ0) is 17.4. The van der Waals surface area contributed by atoms with Gasteiger partial charge < -0.3 is 5.32 Å². The molecule has 25 heavy (non-hydrogen) atoms. The Kier molecular flexibility index (Phi) is 3.77. The summed E-state index contributed by atoms with van der Waals surface area (Å²) >= 11 is 1.59. The quantitative estimate of drug-likeness (QED) is 0.616. The standard InChI is InChI=1S/C18H14N4O2S/c1-11-20-14-7-6-12(8-17(14)25-11)21-18(24)10-22-15-5-3-2-4-13(15)16(23)9-19-22/h2-9H,10H2,1H3,(H,21,24). The van der Waals surface area contributed by atoms with E-state index >= 15 is 0 Å². The molecule has 0 unspecified atom stereocenters. The molecule has 0 aliphatic rings. The normalized spacial score (nSPS) is 11.1. The number of anilines is 1. The Labute approximate surface area is 146 Å². The molecule has 4 aromatic rings. The van der Waals surface area contributed by atoms with E-state index in [4.69, 9.17) is 0 Å². The Hall–Kier alpha value is -3.06. The number of carbonyl (C=O) groups is 1. The molecule has 7 heteroatoms. The van der Waals surface area contributed by atoms with Gasteiger partial charge in [-0.3, -0.25) is 14.3 Å². The van der Waals surface area contributed by atoms with E-state index in [1.165, 1.54) is 10.9 Å². The minimum atomic E-state index is -0.207. The smallest absolute Gasteiger partial charge is 0.246 e. The summed E-state index contributed by atoms with van der Waals surface area (Å²) in [5.74, 6) is -0.207. The van der Waals surface area contributed by atoms with Crippen molar-refractivity contribution in [1.82, 2.24) is 14.8 Å². The van der Waals surface area contributed by atoms with Gasteiger partial charge in [0.05, 0.1) is 26.9 Å². The Bertz CT molecular complexity index is 1160. The molecule has 2 heterocycles. The number of carbonyl (C=O) groups excluding carboxylic acids is 1. The number of para-hydroxylation sites is 1. The van der Waals surface area contributed by atoms with E-state index in [9.17, 15) is 9.59 Å². The molecule has 4 rings (SSSR count). The van der Waals surface area contributed by atoms with Gasteiger partial charge in [-0.1, -0.05) is 12.1 Å². The number of thiazole rings is 1. The Morgan fingerprint density at radius 2 is 2.08 bits per heavy atom. The van der Waals surface area contributed by atoms with Crippen LogP contribution in [0.15, 0.2) is 53.5 Å². The van der Waals surface area contributed by atoms with Gasteiger partial charge in [-0.25, -0.2) is 4.98 Å². The lowest BCUT2D eigenvalue weighted by Gasteiger charge is -2.09. The Morgan fingerprint density at radius 1 is 1.24 bits per heavy atom. The van der Waals surface area contributed by atoms with E-state index in [0.717, 1.165) is 15.2 Å². The summed E-state index contributed by atoms with van der Waals surface area (Å²) in [5.41, 5.74) is 2.12. The van der Waals surface area contributed by atoms with Gasteiger partial charge in [0.25, 0.3) is 0 Å². The first-order chi connectivity index (χ1) is 12.1. The molecule has 6 nitrogen and oxygen atoms in total. The lowest BCUT2D eigenvalue weighted by molar-refractivity contribution is -0.116. The first-order valence-corrected chi connectivity index (χ1v) is 8.54. The third-order valence-electron chi connectivity index (χ3n) is 3.83. The van der Waals surface area contributed by atoms with Crippen LogP contribution in [0.1, 0.15) is 5.01 Å². The number of rotatable bonds is 3. The summed E-state index contributed by atoms with van der Waals surface area (Å²) in [6.45, 7) is 1.98. The second-order valence-corrected chi connectivity index (χ2v) is 6.88. The maximum absolute atomic E-state index is 12.4. The van der Waals surface area contributed by atoms with E-state index in [1.807, 2.05) is 31.2 Å². The van der Waals surface area contributed by atoms with E-state index in [-0.39, 0.29) is 17.9 Å². The molecule has 1 amide bonds. The van der Waals surface area contributed by atoms with Crippen molar-refractivity contribution >= 4 is 44.1 Å². The first-order valence-electron chi connectivity index (χ1n) is 7.72. The zero-order valence-corrected chi connectivity index (χ0v) is 14.2. The summed E-state index contributed by atoms with van der Waals surface area (Å²) in [7, 11) is 0. The maximum Gasteiger partial charge on any atom is 0.246 e. The topological polar surface area (TPSA) is 76.9 Å². The molecule has 0 bridgehead atoms. The summed E-state index contributed by atoms with van der Waals surface area (Å²) in [5, 5.41) is 8.49. The minimum Gasteiger partial charge on any atom is -0.324 e. The monoisotopic (exact) mass is 350 g/mol. The zero-order valence-electron chi connectivity index (χ0n) is 13.4. The van der Waals surface area contributed by atoms with Gasteiger partial charge in [-0.15, -0.1) is 11.3 Å². The van der Waals surface area contributed by atoms with Crippen LogP contribution in [0.4, 0.5) is 5.69 Å². The second kappa shape index (κ2) is 6.10. The molecule has 0 saturated heterocycles. The third kappa shape index (κ3) is 3.01. The van der Waals surface area contributed by atoms with Crippen molar-refractivity contribution in [1.29, 1.82) is 0 Å². The second-order valence-electron chi connectivity index (χ2n) is 5.65. The van der Waals surface area contributed by atoms with Crippen molar-refractivity contribution in [3.8, 4) is 0 Å². The van der Waals surface area contributed by atoms with E-state index in [2.05, 4.69) is 15.4 Å². The molecule has 1 N–H and O–H groups in total. The van der Waals surface area contributed by atoms with Crippen molar-refractivity contribution in [2.45, 2.75) is 13.5 Å². The van der Waals surface area contributed by atoms with Crippen molar-refractivity contribution < 1.29 is 4.79 Å². The SMILES string of the molecule is Cc1nc2ccc(NC(=O)Cn3ncc(=O)c4ccccc43)cc2s1. The summed E-state index contributed by atoms with van der Waals surface area (Å²) in [6.07, 6.45) is 1.24. The summed E-state index contributed by atoms with van der Waals surface area (Å²) in [4.78, 5) is 28.6. The van der Waals surface area contributed by atoms with Gasteiger partial charge >= 0.3 is 0 Å². The number of fused-ring (bicyclic) bond motifs is 2. The molecule has 0 radical (unpaired) electrons. The predicted octanol–water partition coefficient (Wildman–Crippen LogP) is 2.95. The van der Waals surface area contributed by atoms with Crippen molar-refractivity contribution in [2.24, 2.45) is 0 Å². The highest BCUT2D eigenvalue weighted by Gasteiger charge is 2.09. The first kappa shape index (κ1) is 15.5. The number of hydrogen-bond acceptors (Lipinski definition) is 5. The number of hydrogen-bond donors (Lipinski definition) is 1. The van der Waals surface area contributed by atoms with Crippen molar-refractivity contribution in [3.63, 3.8) is 0 Å². The molecule has 0 saturated carbocycles. The van der Waals surface area contributed by atoms with Crippen molar-refractivity contribution in [2.75, 3.05) is 5.32 Å². The number of nitrogens with one attached hydrogen (secondary N) is 1. The minimum absolute atomic E-state index is 0.0283. The highest BCUT2D eigenvalue weighted by Crippen LogP contribution is 2.24. The molecular formula is C18H14N4O2S. The van der Waals surface area contributed by atoms with E-state index in [1.54, 1.807) is 29.5 Å². The van der Waals surface area contributed by atoms with Crippen LogP contribution >= 0.6 is 11.3 Å². The average Bonchev–Trinajstić information content (AvgIpc) is 2.97. The number of aromatic nitrogens is 3. The predicted molar refractivity (Wildman–Crippen MR) is 99.0 cm³/mol. The average molecular weight is 350 g/mol. The fourth-order valence-electron chi connectivity index (χ4n) is 2.74. The largest absolute Gasteiger partial charge is 0.324 e. The van der Waals surface area contributed by atoms with E-state index in [0.29, 0.717) is 16.6 Å². The van der Waals surface area contributed by atoms with Crippen molar-refractivity contribution in [3.05, 3.63) is 63.9 Å². The van der Waals surface area contributed by atoms with Crippen LogP contribution in [0.5, 0.6) is 0 Å². The van der Waals surface area contributed by atoms with Crippen LogP contribution in [0, 0.1) is 6.92 Å².